The Morgan fingerprint density at radius 2 is 1.65 bits per heavy atom. The van der Waals surface area contributed by atoms with Gasteiger partial charge in [0.15, 0.2) is 0 Å². The van der Waals surface area contributed by atoms with Crippen molar-refractivity contribution in [1.82, 2.24) is 50.4 Å². The number of ketones is 1. The predicted octanol–water partition coefficient (Wildman–Crippen LogP) is 8.32. The number of carbonyl (C=O) groups is 5. The summed E-state index contributed by atoms with van der Waals surface area (Å²) in [5, 5.41) is 26.9. The van der Waals surface area contributed by atoms with Gasteiger partial charge < -0.3 is 40.8 Å². The van der Waals surface area contributed by atoms with Gasteiger partial charge in [-0.1, -0.05) is 61.2 Å². The molecule has 2 fully saturated rings. The molecular weight excluding hydrogens is 1100 g/mol. The van der Waals surface area contributed by atoms with E-state index >= 15 is 0 Å². The second-order valence-corrected chi connectivity index (χ2v) is 23.6. The maximum absolute atomic E-state index is 14.6. The smallest absolute Gasteiger partial charge is 0.410 e. The minimum Gasteiger partial charge on any atom is -0.494 e. The molecule has 0 unspecified atom stereocenters. The number of ether oxygens (including phenoxy) is 3. The normalized spacial score (nSPS) is 15.5. The van der Waals surface area contributed by atoms with Gasteiger partial charge in [0, 0.05) is 55.9 Å². The van der Waals surface area contributed by atoms with E-state index in [1.54, 1.807) is 95.7 Å². The zero-order valence-electron chi connectivity index (χ0n) is 49.4. The van der Waals surface area contributed by atoms with E-state index < -0.39 is 29.7 Å². The molecule has 1 aliphatic carbocycles. The molecule has 23 heteroatoms. The van der Waals surface area contributed by atoms with Crippen molar-refractivity contribution in [3.8, 4) is 11.5 Å². The number of likely N-dealkylation sites (tertiary alicyclic amines) is 1. The van der Waals surface area contributed by atoms with Crippen LogP contribution >= 0.6 is 11.3 Å². The van der Waals surface area contributed by atoms with Crippen LogP contribution in [0.5, 0.6) is 11.5 Å². The fourth-order valence-electron chi connectivity index (χ4n) is 10.1. The van der Waals surface area contributed by atoms with Crippen molar-refractivity contribution in [1.29, 1.82) is 5.41 Å². The number of aromatic nitrogens is 6. The van der Waals surface area contributed by atoms with Crippen molar-refractivity contribution in [3.05, 3.63) is 142 Å². The number of nitrogens with two attached hydrogens (primary N) is 1. The van der Waals surface area contributed by atoms with Crippen LogP contribution in [0.4, 0.5) is 10.5 Å². The fraction of sp³-hybridized carbons (Fsp3) is 0.452. The van der Waals surface area contributed by atoms with E-state index in [2.05, 4.69) is 41.2 Å². The lowest BCUT2D eigenvalue weighted by Gasteiger charge is -2.36. The molecule has 0 radical (unpaired) electrons. The highest BCUT2D eigenvalue weighted by Gasteiger charge is 2.41. The van der Waals surface area contributed by atoms with Gasteiger partial charge >= 0.3 is 6.09 Å². The molecule has 4 heterocycles. The van der Waals surface area contributed by atoms with Crippen LogP contribution in [-0.2, 0) is 34.0 Å². The maximum Gasteiger partial charge on any atom is 0.410 e. The van der Waals surface area contributed by atoms with E-state index in [4.69, 9.17) is 25.4 Å². The molecule has 85 heavy (non-hydrogen) atoms. The molecule has 3 atom stereocenters. The zero-order chi connectivity index (χ0) is 60.5. The molecule has 1 aliphatic heterocycles. The van der Waals surface area contributed by atoms with Crippen LogP contribution in [-0.4, -0.2) is 137 Å². The molecule has 0 bridgehead atoms. The Kier molecular flexibility index (Phi) is 21.9. The van der Waals surface area contributed by atoms with E-state index in [1.807, 2.05) is 46.1 Å². The quantitative estimate of drug-likeness (QED) is 0.0112. The van der Waals surface area contributed by atoms with Crippen LogP contribution in [0.15, 0.2) is 104 Å². The van der Waals surface area contributed by atoms with Crippen molar-refractivity contribution >= 4 is 58.3 Å². The first-order valence-electron chi connectivity index (χ1n) is 29.1. The van der Waals surface area contributed by atoms with Crippen LogP contribution in [0, 0.1) is 11.3 Å². The number of nitrogens with one attached hydrogen (secondary N) is 4. The van der Waals surface area contributed by atoms with Crippen molar-refractivity contribution in [2.45, 2.75) is 142 Å². The summed E-state index contributed by atoms with van der Waals surface area (Å²) < 4.78 is 21.0. The molecule has 4 amide bonds. The lowest BCUT2D eigenvalue weighted by molar-refractivity contribution is -0.373. The summed E-state index contributed by atoms with van der Waals surface area (Å²) in [6, 6.07) is 21.5. The fourth-order valence-corrected chi connectivity index (χ4v) is 11.1. The molecule has 450 valence electrons. The second kappa shape index (κ2) is 29.8. The Morgan fingerprint density at radius 3 is 2.42 bits per heavy atom. The Bertz CT molecular complexity index is 3300. The highest BCUT2D eigenvalue weighted by Crippen LogP contribution is 2.37. The highest BCUT2D eigenvalue weighted by atomic mass is 32.1. The first-order chi connectivity index (χ1) is 40.9. The van der Waals surface area contributed by atoms with Crippen molar-refractivity contribution < 1.29 is 42.8 Å². The third-order valence-corrected chi connectivity index (χ3v) is 16.2. The third-order valence-electron chi connectivity index (χ3n) is 15.1. The minimum atomic E-state index is -0.868. The van der Waals surface area contributed by atoms with Gasteiger partial charge in [0.25, 0.3) is 11.7 Å². The van der Waals surface area contributed by atoms with E-state index in [0.29, 0.717) is 82.3 Å². The number of rotatable bonds is 26. The molecule has 6 aromatic rings. The van der Waals surface area contributed by atoms with E-state index in [9.17, 15) is 24.0 Å². The first kappa shape index (κ1) is 62.4. The summed E-state index contributed by atoms with van der Waals surface area (Å²) in [6.07, 6.45) is 15.6. The molecule has 3 aromatic heterocycles. The lowest BCUT2D eigenvalue weighted by atomic mass is 9.83. The molecule has 2 aliphatic rings. The Morgan fingerprint density at radius 1 is 0.894 bits per heavy atom. The number of nitrogens with zero attached hydrogens (tertiary/aromatic N) is 9. The molecule has 0 spiro atoms. The van der Waals surface area contributed by atoms with Gasteiger partial charge in [0.2, 0.25) is 23.4 Å². The monoisotopic (exact) mass is 1180 g/mol. The topological polar surface area (TPSA) is 278 Å². The number of carbonyl (C=O) groups excluding carboxylic acids is 5. The predicted molar refractivity (Wildman–Crippen MR) is 323 cm³/mol. The SMILES string of the molecule is C[C@@H](C(=O)N[C@H](C(=O)N1CCC[C@H]1c1ncc(C(=O)c2cccc(OCc3cn(CCCCCCOc4cccc(CNC(=O)c5cccc(NCC(N)=[N+](C)C(=N)c6ccncn6)c5)c4)nn3)c2)s1)C1CCCCC1)N(C)C(=O)OC(C)(C)C. The van der Waals surface area contributed by atoms with Crippen LogP contribution in [0.3, 0.4) is 0 Å². The van der Waals surface area contributed by atoms with Crippen molar-refractivity contribution in [3.63, 3.8) is 0 Å². The van der Waals surface area contributed by atoms with E-state index in [-0.39, 0.29) is 48.5 Å². The number of hydrogen-bond acceptors (Lipinski definition) is 16. The number of unbranched alkanes of at least 4 members (excludes halogenated alkanes) is 3. The van der Waals surface area contributed by atoms with E-state index in [0.717, 1.165) is 75.5 Å². The number of amidine groups is 2. The Hall–Kier alpha value is -8.60. The number of aryl methyl sites for hydroxylation is 1. The lowest BCUT2D eigenvalue weighted by Crippen LogP contribution is -2.56. The van der Waals surface area contributed by atoms with Crippen LogP contribution in [0.25, 0.3) is 0 Å². The van der Waals surface area contributed by atoms with Gasteiger partial charge in [-0.15, -0.1) is 16.4 Å². The summed E-state index contributed by atoms with van der Waals surface area (Å²) >= 11 is 1.28. The molecule has 1 saturated heterocycles. The Balaban J connectivity index is 0.735. The summed E-state index contributed by atoms with van der Waals surface area (Å²) in [5.74, 6) is 0.734. The largest absolute Gasteiger partial charge is 0.494 e. The molecule has 3 aromatic carbocycles. The van der Waals surface area contributed by atoms with Crippen LogP contribution in [0.1, 0.15) is 152 Å². The van der Waals surface area contributed by atoms with Gasteiger partial charge in [-0.25, -0.2) is 24.3 Å². The summed E-state index contributed by atoms with van der Waals surface area (Å²) in [4.78, 5) is 84.3. The number of hydrogen-bond donors (Lipinski definition) is 5. The Labute approximate surface area is 500 Å². The summed E-state index contributed by atoms with van der Waals surface area (Å²) in [7, 11) is 3.22. The molecule has 8 rings (SSSR count). The van der Waals surface area contributed by atoms with Gasteiger partial charge in [0.05, 0.1) is 30.8 Å². The zero-order valence-corrected chi connectivity index (χ0v) is 50.2. The number of amides is 4. The van der Waals surface area contributed by atoms with Crippen molar-refractivity contribution in [2.75, 3.05) is 39.1 Å². The van der Waals surface area contributed by atoms with Gasteiger partial charge in [-0.05, 0) is 133 Å². The maximum atomic E-state index is 14.6. The average molecular weight is 1180 g/mol. The van der Waals surface area contributed by atoms with Gasteiger partial charge in [0.1, 0.15) is 65.1 Å². The first-order valence-corrected chi connectivity index (χ1v) is 29.9. The molecule has 22 nitrogen and oxygen atoms in total. The number of benzene rings is 3. The third kappa shape index (κ3) is 17.7. The molecule has 6 N–H and O–H groups in total. The van der Waals surface area contributed by atoms with Gasteiger partial charge in [-0.2, -0.15) is 5.41 Å². The second-order valence-electron chi connectivity index (χ2n) is 22.5. The molecular formula is C62H79N14O8S+. The van der Waals surface area contributed by atoms with Crippen molar-refractivity contribution in [2.24, 2.45) is 11.7 Å². The average Bonchev–Trinajstić information content (AvgIpc) is 4.41. The number of thiazole rings is 1. The minimum absolute atomic E-state index is 0.0419. The number of anilines is 1. The van der Waals surface area contributed by atoms with Crippen LogP contribution in [0.2, 0.25) is 0 Å². The summed E-state index contributed by atoms with van der Waals surface area (Å²) in [5.41, 5.74) is 9.20. The number of likely N-dealkylation sites (N-methyl/N-ethyl adjacent to an activating group) is 1. The summed E-state index contributed by atoms with van der Waals surface area (Å²) in [6.45, 7) is 9.44. The van der Waals surface area contributed by atoms with E-state index in [1.165, 1.54) is 34.2 Å². The van der Waals surface area contributed by atoms with Gasteiger partial charge in [-0.3, -0.25) is 28.8 Å². The molecule has 1 saturated carbocycles. The standard InChI is InChI=1S/C62H78N14O8S/c1-41(73(5)61(81)84-62(2,3)4)57(78)70-54(43-19-10-9-11-20-43)60(80)76-30-17-26-51(76)59-68-36-52(85-59)55(77)44-21-16-25-49(34-44)83-39-47-38-75(72-71-47)29-12-7-8-13-31-82-48-24-14-18-42(32-48)35-67-58(79)45-22-15-23-46(33-45)66-37-53(63)74(6)56(64)50-27-28-65-40-69-50/h14-16,18,21-25,27-28,32-34,36,38,40-41,43,51,54,63-64,66H,7-13,17,19-20,26,29-31,35,37,39H2,1-6H3,(H2,67,70,78,79)/p+1/t41-,51-,54-/m0/s1. The highest BCUT2D eigenvalue weighted by molar-refractivity contribution is 7.14. The van der Waals surface area contributed by atoms with Crippen LogP contribution < -0.4 is 31.2 Å².